The lowest BCUT2D eigenvalue weighted by Gasteiger charge is -2.10. The molecule has 0 aromatic heterocycles. The maximum atomic E-state index is 7.30. The summed E-state index contributed by atoms with van der Waals surface area (Å²) in [4.78, 5) is 1.18. The van der Waals surface area contributed by atoms with Gasteiger partial charge in [-0.05, 0) is 44.0 Å². The van der Waals surface area contributed by atoms with Gasteiger partial charge in [0.1, 0.15) is 5.84 Å². The van der Waals surface area contributed by atoms with Crippen molar-refractivity contribution in [2.75, 3.05) is 0 Å². The maximum absolute atomic E-state index is 7.30. The highest BCUT2D eigenvalue weighted by Crippen LogP contribution is 2.24. The number of amidine groups is 1. The van der Waals surface area contributed by atoms with Crippen LogP contribution in [0.4, 0.5) is 0 Å². The molecule has 0 fully saturated rings. The molecule has 3 heteroatoms. The molecule has 1 rings (SSSR count). The van der Waals surface area contributed by atoms with Gasteiger partial charge in [-0.25, -0.2) is 0 Å². The molecule has 1 aromatic carbocycles. The van der Waals surface area contributed by atoms with Crippen LogP contribution in [0.2, 0.25) is 0 Å². The first-order valence-corrected chi connectivity index (χ1v) is 5.46. The summed E-state index contributed by atoms with van der Waals surface area (Å²) in [6.45, 7) is 6.14. The Morgan fingerprint density at radius 3 is 2.50 bits per heavy atom. The zero-order valence-corrected chi connectivity index (χ0v) is 9.61. The quantitative estimate of drug-likeness (QED) is 0.456. The second-order valence-corrected chi connectivity index (χ2v) is 4.88. The Kier molecular flexibility index (Phi) is 3.58. The van der Waals surface area contributed by atoms with Crippen molar-refractivity contribution >= 4 is 17.6 Å². The van der Waals surface area contributed by atoms with E-state index in [-0.39, 0.29) is 11.1 Å². The first-order valence-electron chi connectivity index (χ1n) is 4.58. The molecule has 0 aliphatic heterocycles. The van der Waals surface area contributed by atoms with Gasteiger partial charge >= 0.3 is 0 Å². The fourth-order valence-electron chi connectivity index (χ4n) is 1.05. The predicted octanol–water partition coefficient (Wildman–Crippen LogP) is 2.72. The van der Waals surface area contributed by atoms with E-state index in [0.29, 0.717) is 0 Å². The SMILES string of the molecule is Cc1ccc(SC(C)C(=N)N)cc1C. The number of hydrogen-bond acceptors (Lipinski definition) is 2. The van der Waals surface area contributed by atoms with Crippen molar-refractivity contribution in [3.8, 4) is 0 Å². The normalized spacial score (nSPS) is 12.5. The summed E-state index contributed by atoms with van der Waals surface area (Å²) in [6.07, 6.45) is 0. The van der Waals surface area contributed by atoms with E-state index in [1.54, 1.807) is 11.8 Å². The van der Waals surface area contributed by atoms with E-state index in [1.807, 2.05) is 6.92 Å². The number of thioether (sulfide) groups is 1. The molecule has 0 spiro atoms. The van der Waals surface area contributed by atoms with Crippen molar-refractivity contribution in [2.45, 2.75) is 30.9 Å². The molecule has 0 amide bonds. The van der Waals surface area contributed by atoms with E-state index >= 15 is 0 Å². The van der Waals surface area contributed by atoms with Crippen LogP contribution in [0.15, 0.2) is 23.1 Å². The largest absolute Gasteiger partial charge is 0.387 e. The molecule has 0 radical (unpaired) electrons. The number of aryl methyl sites for hydroxylation is 2. The molecule has 3 N–H and O–H groups in total. The van der Waals surface area contributed by atoms with E-state index < -0.39 is 0 Å². The second-order valence-electron chi connectivity index (χ2n) is 3.46. The van der Waals surface area contributed by atoms with Crippen LogP contribution in [0.1, 0.15) is 18.1 Å². The summed E-state index contributed by atoms with van der Waals surface area (Å²) >= 11 is 1.62. The molecule has 0 saturated carbocycles. The van der Waals surface area contributed by atoms with Gasteiger partial charge in [0.25, 0.3) is 0 Å². The first kappa shape index (κ1) is 11.1. The van der Waals surface area contributed by atoms with Gasteiger partial charge in [-0.2, -0.15) is 0 Å². The lowest BCUT2D eigenvalue weighted by molar-refractivity contribution is 1.21. The van der Waals surface area contributed by atoms with Gasteiger partial charge in [-0.1, -0.05) is 6.07 Å². The zero-order chi connectivity index (χ0) is 10.7. The molecule has 1 aromatic rings. The summed E-state index contributed by atoms with van der Waals surface area (Å²) < 4.78 is 0. The number of rotatable bonds is 3. The third-order valence-corrected chi connectivity index (χ3v) is 3.36. The van der Waals surface area contributed by atoms with E-state index in [1.165, 1.54) is 16.0 Å². The Labute approximate surface area is 89.4 Å². The van der Waals surface area contributed by atoms with Gasteiger partial charge in [0, 0.05) is 4.90 Å². The van der Waals surface area contributed by atoms with Gasteiger partial charge in [0.2, 0.25) is 0 Å². The smallest absolute Gasteiger partial charge is 0.104 e. The Morgan fingerprint density at radius 2 is 2.00 bits per heavy atom. The summed E-state index contributed by atoms with van der Waals surface area (Å²) in [7, 11) is 0. The van der Waals surface area contributed by atoms with Crippen molar-refractivity contribution in [1.29, 1.82) is 5.41 Å². The minimum Gasteiger partial charge on any atom is -0.387 e. The van der Waals surface area contributed by atoms with Crippen LogP contribution in [0, 0.1) is 19.3 Å². The number of nitrogens with one attached hydrogen (secondary N) is 1. The molecule has 0 aliphatic rings. The highest BCUT2D eigenvalue weighted by atomic mass is 32.2. The van der Waals surface area contributed by atoms with Gasteiger partial charge < -0.3 is 5.73 Å². The number of benzene rings is 1. The summed E-state index contributed by atoms with van der Waals surface area (Å²) in [6, 6.07) is 6.32. The highest BCUT2D eigenvalue weighted by Gasteiger charge is 2.07. The minimum atomic E-state index is 0.0529. The average molecular weight is 208 g/mol. The summed E-state index contributed by atoms with van der Waals surface area (Å²) in [5, 5.41) is 7.36. The van der Waals surface area contributed by atoms with Crippen molar-refractivity contribution < 1.29 is 0 Å². The third-order valence-electron chi connectivity index (χ3n) is 2.23. The molecular weight excluding hydrogens is 192 g/mol. The maximum Gasteiger partial charge on any atom is 0.104 e. The average Bonchev–Trinajstić information content (AvgIpc) is 2.11. The van der Waals surface area contributed by atoms with Gasteiger partial charge in [0.15, 0.2) is 0 Å². The standard InChI is InChI=1S/C11H16N2S/c1-7-4-5-10(6-8(7)2)14-9(3)11(12)13/h4-6,9H,1-3H3,(H3,12,13). The zero-order valence-electron chi connectivity index (χ0n) is 8.79. The molecular formula is C11H16N2S. The van der Waals surface area contributed by atoms with Gasteiger partial charge in [0.05, 0.1) is 5.25 Å². The lowest BCUT2D eigenvalue weighted by atomic mass is 10.1. The van der Waals surface area contributed by atoms with Crippen LogP contribution in [0.25, 0.3) is 0 Å². The van der Waals surface area contributed by atoms with Gasteiger partial charge in [-0.15, -0.1) is 11.8 Å². The summed E-state index contributed by atoms with van der Waals surface area (Å²) in [5.74, 6) is 0.230. The Morgan fingerprint density at radius 1 is 1.36 bits per heavy atom. The monoisotopic (exact) mass is 208 g/mol. The van der Waals surface area contributed by atoms with Gasteiger partial charge in [-0.3, -0.25) is 5.41 Å². The van der Waals surface area contributed by atoms with E-state index in [4.69, 9.17) is 11.1 Å². The molecule has 2 nitrogen and oxygen atoms in total. The first-order chi connectivity index (χ1) is 6.50. The highest BCUT2D eigenvalue weighted by molar-refractivity contribution is 8.00. The lowest BCUT2D eigenvalue weighted by Crippen LogP contribution is -2.21. The van der Waals surface area contributed by atoms with E-state index in [2.05, 4.69) is 32.0 Å². The van der Waals surface area contributed by atoms with E-state index in [0.717, 1.165) is 0 Å². The molecule has 0 bridgehead atoms. The molecule has 1 unspecified atom stereocenters. The topological polar surface area (TPSA) is 49.9 Å². The van der Waals surface area contributed by atoms with Crippen LogP contribution in [-0.2, 0) is 0 Å². The molecule has 0 saturated heterocycles. The number of nitrogens with two attached hydrogens (primary N) is 1. The van der Waals surface area contributed by atoms with E-state index in [9.17, 15) is 0 Å². The summed E-state index contributed by atoms with van der Waals surface area (Å²) in [5.41, 5.74) is 7.99. The van der Waals surface area contributed by atoms with Crippen LogP contribution in [0.5, 0.6) is 0 Å². The second kappa shape index (κ2) is 4.51. The fraction of sp³-hybridized carbons (Fsp3) is 0.364. The van der Waals surface area contributed by atoms with Crippen LogP contribution >= 0.6 is 11.8 Å². The molecule has 14 heavy (non-hydrogen) atoms. The van der Waals surface area contributed by atoms with Crippen molar-refractivity contribution in [3.63, 3.8) is 0 Å². The Balaban J connectivity index is 2.78. The van der Waals surface area contributed by atoms with Crippen LogP contribution in [0.3, 0.4) is 0 Å². The van der Waals surface area contributed by atoms with Crippen molar-refractivity contribution in [1.82, 2.24) is 0 Å². The predicted molar refractivity (Wildman–Crippen MR) is 63.1 cm³/mol. The van der Waals surface area contributed by atoms with Crippen LogP contribution < -0.4 is 5.73 Å². The Bertz CT molecular complexity index is 347. The fourth-order valence-corrected chi connectivity index (χ4v) is 1.98. The van der Waals surface area contributed by atoms with Crippen molar-refractivity contribution in [3.05, 3.63) is 29.3 Å². The molecule has 0 aliphatic carbocycles. The minimum absolute atomic E-state index is 0.0529. The molecule has 0 heterocycles. The molecule has 1 atom stereocenters. The Hall–Kier alpha value is -0.960. The van der Waals surface area contributed by atoms with Crippen LogP contribution in [-0.4, -0.2) is 11.1 Å². The third kappa shape index (κ3) is 2.77. The molecule has 76 valence electrons. The number of hydrogen-bond donors (Lipinski definition) is 2. The van der Waals surface area contributed by atoms with Crippen molar-refractivity contribution in [2.24, 2.45) is 5.73 Å².